The summed E-state index contributed by atoms with van der Waals surface area (Å²) in [5, 5.41) is 15.5. The Balaban J connectivity index is 1.75. The summed E-state index contributed by atoms with van der Waals surface area (Å²) in [6.45, 7) is 7.21. The van der Waals surface area contributed by atoms with E-state index in [0.717, 1.165) is 35.9 Å². The molecule has 1 amide bonds. The minimum absolute atomic E-state index is 0.151. The number of halogens is 2. The third-order valence-corrected chi connectivity index (χ3v) is 6.70. The Labute approximate surface area is 188 Å². The molecule has 3 aromatic rings. The molecular weight excluding hydrogens is 447 g/mol. The highest BCUT2D eigenvalue weighted by molar-refractivity contribution is 7.99. The van der Waals surface area contributed by atoms with E-state index in [9.17, 15) is 4.79 Å². The van der Waals surface area contributed by atoms with Gasteiger partial charge in [0.25, 0.3) is 0 Å². The van der Waals surface area contributed by atoms with Gasteiger partial charge in [0.1, 0.15) is 0 Å². The Hall–Kier alpha value is -1.54. The third-order valence-electron chi connectivity index (χ3n) is 4.34. The molecule has 0 saturated heterocycles. The van der Waals surface area contributed by atoms with Crippen LogP contribution >= 0.6 is 46.3 Å². The molecule has 154 valence electrons. The van der Waals surface area contributed by atoms with E-state index in [4.69, 9.17) is 23.2 Å². The van der Waals surface area contributed by atoms with Gasteiger partial charge in [0, 0.05) is 38.1 Å². The molecule has 0 unspecified atom stereocenters. The lowest BCUT2D eigenvalue weighted by atomic mass is 10.1. The summed E-state index contributed by atoms with van der Waals surface area (Å²) in [6, 6.07) is 4.96. The van der Waals surface area contributed by atoms with E-state index in [-0.39, 0.29) is 11.7 Å². The van der Waals surface area contributed by atoms with Gasteiger partial charge in [0.15, 0.2) is 11.0 Å². The van der Waals surface area contributed by atoms with Crippen molar-refractivity contribution >= 4 is 57.9 Å². The van der Waals surface area contributed by atoms with Crippen molar-refractivity contribution in [3.8, 4) is 11.4 Å². The van der Waals surface area contributed by atoms with E-state index >= 15 is 0 Å². The number of aryl methyl sites for hydroxylation is 1. The topological polar surface area (TPSA) is 59.8 Å². The summed E-state index contributed by atoms with van der Waals surface area (Å²) in [6.07, 6.45) is 1.91. The SMILES string of the molecule is CCCn1c(SCC(=O)Nc2cc(Cl)cc(Cl)c2)nnc1-c1csc(C)c1CC. The van der Waals surface area contributed by atoms with E-state index in [2.05, 4.69) is 46.2 Å². The number of carbonyl (C=O) groups excluding carboxylic acids is 1. The second-order valence-corrected chi connectivity index (χ2v) is 9.39. The first kappa shape index (κ1) is 22.2. The summed E-state index contributed by atoms with van der Waals surface area (Å²) in [5.74, 6) is 0.939. The largest absolute Gasteiger partial charge is 0.325 e. The fraction of sp³-hybridized carbons (Fsp3) is 0.350. The smallest absolute Gasteiger partial charge is 0.234 e. The zero-order valence-corrected chi connectivity index (χ0v) is 19.6. The van der Waals surface area contributed by atoms with Gasteiger partial charge in [0.2, 0.25) is 5.91 Å². The monoisotopic (exact) mass is 468 g/mol. The number of thiophene rings is 1. The summed E-state index contributed by atoms with van der Waals surface area (Å²) < 4.78 is 2.11. The zero-order valence-electron chi connectivity index (χ0n) is 16.5. The molecule has 1 N–H and O–H groups in total. The van der Waals surface area contributed by atoms with Crippen molar-refractivity contribution in [2.45, 2.75) is 45.3 Å². The molecule has 0 radical (unpaired) electrons. The Morgan fingerprint density at radius 3 is 2.59 bits per heavy atom. The lowest BCUT2D eigenvalue weighted by molar-refractivity contribution is -0.113. The average Bonchev–Trinajstić information content (AvgIpc) is 3.22. The number of hydrogen-bond acceptors (Lipinski definition) is 5. The Morgan fingerprint density at radius 1 is 1.21 bits per heavy atom. The van der Waals surface area contributed by atoms with Crippen molar-refractivity contribution in [1.82, 2.24) is 14.8 Å². The van der Waals surface area contributed by atoms with Gasteiger partial charge in [0.05, 0.1) is 5.75 Å². The summed E-state index contributed by atoms with van der Waals surface area (Å²) >= 11 is 15.1. The van der Waals surface area contributed by atoms with Crippen molar-refractivity contribution in [2.75, 3.05) is 11.1 Å². The number of thioether (sulfide) groups is 1. The second-order valence-electron chi connectivity index (χ2n) is 6.49. The molecule has 1 aromatic carbocycles. The van der Waals surface area contributed by atoms with Gasteiger partial charge < -0.3 is 9.88 Å². The minimum atomic E-state index is -0.151. The molecular formula is C20H22Cl2N4OS2. The molecule has 29 heavy (non-hydrogen) atoms. The van der Waals surface area contributed by atoms with E-state index < -0.39 is 0 Å². The van der Waals surface area contributed by atoms with Crippen molar-refractivity contribution in [3.63, 3.8) is 0 Å². The molecule has 0 aliphatic rings. The number of hydrogen-bond donors (Lipinski definition) is 1. The zero-order chi connectivity index (χ0) is 21.0. The number of aromatic nitrogens is 3. The van der Waals surface area contributed by atoms with Crippen molar-refractivity contribution in [2.24, 2.45) is 0 Å². The van der Waals surface area contributed by atoms with E-state index in [1.807, 2.05) is 0 Å². The minimum Gasteiger partial charge on any atom is -0.325 e. The Morgan fingerprint density at radius 2 is 1.93 bits per heavy atom. The molecule has 0 aliphatic heterocycles. The Kier molecular flexibility index (Phi) is 7.62. The summed E-state index contributed by atoms with van der Waals surface area (Å²) in [5.41, 5.74) is 3.03. The highest BCUT2D eigenvalue weighted by atomic mass is 35.5. The maximum absolute atomic E-state index is 12.4. The quantitative estimate of drug-likeness (QED) is 0.392. The van der Waals surface area contributed by atoms with Gasteiger partial charge >= 0.3 is 0 Å². The predicted octanol–water partition coefficient (Wildman–Crippen LogP) is 6.33. The molecule has 0 aliphatic carbocycles. The molecule has 5 nitrogen and oxygen atoms in total. The Bertz CT molecular complexity index is 996. The number of rotatable bonds is 8. The highest BCUT2D eigenvalue weighted by Crippen LogP contribution is 2.33. The first-order valence-corrected chi connectivity index (χ1v) is 11.9. The van der Waals surface area contributed by atoms with Crippen LogP contribution in [0.5, 0.6) is 0 Å². The molecule has 0 saturated carbocycles. The van der Waals surface area contributed by atoms with Crippen LogP contribution in [0.3, 0.4) is 0 Å². The van der Waals surface area contributed by atoms with Gasteiger partial charge in [-0.2, -0.15) is 0 Å². The van der Waals surface area contributed by atoms with Crippen LogP contribution in [0.4, 0.5) is 5.69 Å². The van der Waals surface area contributed by atoms with Crippen LogP contribution in [-0.4, -0.2) is 26.4 Å². The van der Waals surface area contributed by atoms with Crippen LogP contribution in [0, 0.1) is 6.92 Å². The number of nitrogens with zero attached hydrogens (tertiary/aromatic N) is 3. The lowest BCUT2D eigenvalue weighted by Crippen LogP contribution is -2.14. The van der Waals surface area contributed by atoms with Crippen LogP contribution in [0.1, 0.15) is 30.7 Å². The fourth-order valence-electron chi connectivity index (χ4n) is 3.08. The van der Waals surface area contributed by atoms with Crippen molar-refractivity contribution < 1.29 is 4.79 Å². The van der Waals surface area contributed by atoms with Gasteiger partial charge in [-0.25, -0.2) is 0 Å². The summed E-state index contributed by atoms with van der Waals surface area (Å²) in [4.78, 5) is 13.7. The molecule has 2 aromatic heterocycles. The van der Waals surface area contributed by atoms with E-state index in [0.29, 0.717) is 15.7 Å². The number of amides is 1. The van der Waals surface area contributed by atoms with Crippen molar-refractivity contribution in [3.05, 3.63) is 44.1 Å². The molecule has 0 atom stereocenters. The van der Waals surface area contributed by atoms with Crippen molar-refractivity contribution in [1.29, 1.82) is 0 Å². The normalized spacial score (nSPS) is 11.1. The third kappa shape index (κ3) is 5.34. The van der Waals surface area contributed by atoms with Crippen LogP contribution in [-0.2, 0) is 17.8 Å². The maximum atomic E-state index is 12.4. The van der Waals surface area contributed by atoms with Crippen LogP contribution in [0.25, 0.3) is 11.4 Å². The molecule has 9 heteroatoms. The summed E-state index contributed by atoms with van der Waals surface area (Å²) in [7, 11) is 0. The van der Waals surface area contributed by atoms with Crippen LogP contribution in [0.15, 0.2) is 28.7 Å². The van der Waals surface area contributed by atoms with Gasteiger partial charge in [-0.3, -0.25) is 4.79 Å². The molecule has 0 spiro atoms. The van der Waals surface area contributed by atoms with Crippen LogP contribution in [0.2, 0.25) is 10.0 Å². The average molecular weight is 469 g/mol. The molecule has 3 rings (SSSR count). The van der Waals surface area contributed by atoms with Gasteiger partial charge in [-0.05, 0) is 43.5 Å². The number of carbonyl (C=O) groups is 1. The molecule has 2 heterocycles. The first-order chi connectivity index (χ1) is 13.9. The predicted molar refractivity (Wildman–Crippen MR) is 124 cm³/mol. The standard InChI is InChI=1S/C20H22Cl2N4OS2/c1-4-6-26-19(17-10-28-12(3)16(17)5-2)24-25-20(26)29-11-18(27)23-15-8-13(21)7-14(22)9-15/h7-10H,4-6,11H2,1-3H3,(H,23,27). The van der Waals surface area contributed by atoms with E-state index in [1.165, 1.54) is 22.2 Å². The number of benzene rings is 1. The van der Waals surface area contributed by atoms with Gasteiger partial charge in [-0.15, -0.1) is 21.5 Å². The lowest BCUT2D eigenvalue weighted by Gasteiger charge is -2.10. The molecule has 0 fully saturated rings. The van der Waals surface area contributed by atoms with E-state index in [1.54, 1.807) is 29.5 Å². The first-order valence-electron chi connectivity index (χ1n) is 9.32. The molecule has 0 bridgehead atoms. The maximum Gasteiger partial charge on any atom is 0.234 e. The number of anilines is 1. The highest BCUT2D eigenvalue weighted by Gasteiger charge is 2.19. The second kappa shape index (κ2) is 9.98. The number of nitrogens with one attached hydrogen (secondary N) is 1. The van der Waals surface area contributed by atoms with Gasteiger partial charge in [-0.1, -0.05) is 48.8 Å². The fourth-order valence-corrected chi connectivity index (χ4v) is 5.31. The van der Waals surface area contributed by atoms with Crippen LogP contribution < -0.4 is 5.32 Å².